The number of rotatable bonds is 2. The quantitative estimate of drug-likeness (QED) is 0.714. The molecule has 0 spiro atoms. The number of methoxy groups -OCH3 is 1. The standard InChI is InChI=1S/C11H9BF3O/c1-16-9-6-8-4-2-3-5-10(8)11(7-9)12(13,14)15/h2-7H,1H3/q-1. The summed E-state index contributed by atoms with van der Waals surface area (Å²) in [6, 6.07) is 9.06. The average Bonchev–Trinajstić information content (AvgIpc) is 2.26. The van der Waals surface area contributed by atoms with Crippen molar-refractivity contribution in [1.82, 2.24) is 0 Å². The fraction of sp³-hybridized carbons (Fsp3) is 0.0909. The Bertz CT molecular complexity index is 522. The lowest BCUT2D eigenvalue weighted by molar-refractivity contribution is 0.415. The summed E-state index contributed by atoms with van der Waals surface area (Å²) < 4.78 is 43.4. The van der Waals surface area contributed by atoms with Crippen molar-refractivity contribution in [3.8, 4) is 5.75 Å². The van der Waals surface area contributed by atoms with E-state index in [2.05, 4.69) is 0 Å². The van der Waals surface area contributed by atoms with Crippen molar-refractivity contribution >= 4 is 23.2 Å². The van der Waals surface area contributed by atoms with Crippen LogP contribution in [0, 0.1) is 0 Å². The highest BCUT2D eigenvalue weighted by molar-refractivity contribution is 6.76. The van der Waals surface area contributed by atoms with Crippen molar-refractivity contribution in [2.45, 2.75) is 0 Å². The van der Waals surface area contributed by atoms with Gasteiger partial charge >= 0.3 is 6.98 Å². The van der Waals surface area contributed by atoms with Gasteiger partial charge < -0.3 is 17.7 Å². The van der Waals surface area contributed by atoms with Crippen LogP contribution in [0.15, 0.2) is 36.4 Å². The molecule has 0 aliphatic carbocycles. The molecule has 0 N–H and O–H groups in total. The zero-order chi connectivity index (χ0) is 11.8. The van der Waals surface area contributed by atoms with E-state index in [0.717, 1.165) is 6.07 Å². The largest absolute Gasteiger partial charge is 0.510 e. The van der Waals surface area contributed by atoms with Gasteiger partial charge in [0.05, 0.1) is 7.11 Å². The van der Waals surface area contributed by atoms with Gasteiger partial charge in [0.1, 0.15) is 5.75 Å². The average molecular weight is 225 g/mol. The van der Waals surface area contributed by atoms with Crippen LogP contribution in [-0.2, 0) is 0 Å². The summed E-state index contributed by atoms with van der Waals surface area (Å²) in [5, 5.41) is 0.756. The van der Waals surface area contributed by atoms with Gasteiger partial charge in [0.15, 0.2) is 0 Å². The van der Waals surface area contributed by atoms with Crippen molar-refractivity contribution in [2.24, 2.45) is 0 Å². The molecular weight excluding hydrogens is 216 g/mol. The maximum absolute atomic E-state index is 12.8. The summed E-state index contributed by atoms with van der Waals surface area (Å²) in [6.07, 6.45) is 0. The first kappa shape index (κ1) is 10.9. The lowest BCUT2D eigenvalue weighted by Crippen LogP contribution is -2.34. The molecule has 2 aromatic carbocycles. The van der Waals surface area contributed by atoms with Gasteiger partial charge in [-0.2, -0.15) is 0 Å². The zero-order valence-electron chi connectivity index (χ0n) is 8.58. The molecule has 0 bridgehead atoms. The second-order valence-electron chi connectivity index (χ2n) is 3.51. The number of benzene rings is 2. The molecule has 5 heteroatoms. The SMILES string of the molecule is COc1cc([B-](F)(F)F)c2ccccc2c1. The minimum Gasteiger partial charge on any atom is -0.497 e. The lowest BCUT2D eigenvalue weighted by Gasteiger charge is -2.18. The number of fused-ring (bicyclic) bond motifs is 1. The first-order valence-corrected chi connectivity index (χ1v) is 4.79. The summed E-state index contributed by atoms with van der Waals surface area (Å²) in [7, 11) is 1.36. The van der Waals surface area contributed by atoms with Crippen LogP contribution in [0.4, 0.5) is 12.9 Å². The number of halogens is 3. The molecule has 0 amide bonds. The second kappa shape index (κ2) is 3.74. The Morgan fingerprint density at radius 3 is 2.38 bits per heavy atom. The highest BCUT2D eigenvalue weighted by Gasteiger charge is 2.28. The third-order valence-electron chi connectivity index (χ3n) is 2.46. The van der Waals surface area contributed by atoms with E-state index in [1.807, 2.05) is 0 Å². The van der Waals surface area contributed by atoms with Gasteiger partial charge in [0.2, 0.25) is 0 Å². The van der Waals surface area contributed by atoms with Crippen LogP contribution in [0.25, 0.3) is 10.8 Å². The lowest BCUT2D eigenvalue weighted by atomic mass is 9.77. The van der Waals surface area contributed by atoms with Gasteiger partial charge in [-0.25, -0.2) is 0 Å². The van der Waals surface area contributed by atoms with E-state index in [4.69, 9.17) is 4.74 Å². The molecule has 1 nitrogen and oxygen atoms in total. The molecule has 0 heterocycles. The van der Waals surface area contributed by atoms with E-state index in [0.29, 0.717) is 5.39 Å². The Labute approximate surface area is 90.9 Å². The number of hydrogen-bond acceptors (Lipinski definition) is 1. The van der Waals surface area contributed by atoms with Gasteiger partial charge in [-0.3, -0.25) is 0 Å². The summed E-state index contributed by atoms with van der Waals surface area (Å²) >= 11 is 0. The van der Waals surface area contributed by atoms with Crippen LogP contribution in [-0.4, -0.2) is 14.1 Å². The van der Waals surface area contributed by atoms with Crippen LogP contribution >= 0.6 is 0 Å². The van der Waals surface area contributed by atoms with Crippen molar-refractivity contribution in [1.29, 1.82) is 0 Å². The first-order valence-electron chi connectivity index (χ1n) is 4.79. The van der Waals surface area contributed by atoms with E-state index in [1.165, 1.54) is 13.2 Å². The number of ether oxygens (including phenoxy) is 1. The molecule has 0 saturated carbocycles. The zero-order valence-corrected chi connectivity index (χ0v) is 8.58. The van der Waals surface area contributed by atoms with Gasteiger partial charge in [0, 0.05) is 0 Å². The Balaban J connectivity index is 2.79. The summed E-state index contributed by atoms with van der Waals surface area (Å²) in [4.78, 5) is 0. The molecule has 0 fully saturated rings. The Kier molecular flexibility index (Phi) is 2.54. The Morgan fingerprint density at radius 1 is 1.06 bits per heavy atom. The monoisotopic (exact) mass is 225 g/mol. The van der Waals surface area contributed by atoms with Crippen LogP contribution in [0.1, 0.15) is 0 Å². The third kappa shape index (κ3) is 1.85. The normalized spacial score (nSPS) is 11.8. The van der Waals surface area contributed by atoms with Crippen LogP contribution in [0.2, 0.25) is 0 Å². The minimum absolute atomic E-state index is 0.218. The van der Waals surface area contributed by atoms with E-state index in [9.17, 15) is 12.9 Å². The highest BCUT2D eigenvalue weighted by Crippen LogP contribution is 2.23. The first-order chi connectivity index (χ1) is 7.52. The minimum atomic E-state index is -5.02. The maximum atomic E-state index is 12.8. The Morgan fingerprint density at radius 2 is 1.75 bits per heavy atom. The molecule has 0 unspecified atom stereocenters. The molecule has 2 rings (SSSR count). The molecule has 0 atom stereocenters. The molecule has 16 heavy (non-hydrogen) atoms. The molecule has 0 aromatic heterocycles. The number of hydrogen-bond donors (Lipinski definition) is 0. The van der Waals surface area contributed by atoms with E-state index in [-0.39, 0.29) is 11.1 Å². The summed E-state index contributed by atoms with van der Waals surface area (Å²) in [5.41, 5.74) is -0.602. The predicted octanol–water partition coefficient (Wildman–Crippen LogP) is 2.90. The van der Waals surface area contributed by atoms with E-state index >= 15 is 0 Å². The van der Waals surface area contributed by atoms with Gasteiger partial charge in [-0.15, -0.1) is 0 Å². The van der Waals surface area contributed by atoms with Gasteiger partial charge in [0.25, 0.3) is 0 Å². The van der Waals surface area contributed by atoms with Crippen LogP contribution in [0.3, 0.4) is 0 Å². The van der Waals surface area contributed by atoms with Crippen LogP contribution in [0.5, 0.6) is 5.75 Å². The molecule has 2 aromatic rings. The molecule has 0 radical (unpaired) electrons. The van der Waals surface area contributed by atoms with Crippen molar-refractivity contribution in [3.63, 3.8) is 0 Å². The Hall–Kier alpha value is -1.65. The van der Waals surface area contributed by atoms with Crippen molar-refractivity contribution in [2.75, 3.05) is 7.11 Å². The molecule has 0 aliphatic heterocycles. The maximum Gasteiger partial charge on any atom is 0.510 e. The molecular formula is C11H9BF3O-. The molecule has 0 aliphatic rings. The van der Waals surface area contributed by atoms with Gasteiger partial charge in [-0.05, 0) is 22.9 Å². The molecule has 0 saturated heterocycles. The predicted molar refractivity (Wildman–Crippen MR) is 59.2 cm³/mol. The summed E-state index contributed by atoms with van der Waals surface area (Å²) in [6.45, 7) is -5.02. The fourth-order valence-electron chi connectivity index (χ4n) is 1.70. The van der Waals surface area contributed by atoms with Crippen molar-refractivity contribution < 1.29 is 17.7 Å². The smallest absolute Gasteiger partial charge is 0.497 e. The third-order valence-corrected chi connectivity index (χ3v) is 2.46. The van der Waals surface area contributed by atoms with E-state index < -0.39 is 12.4 Å². The van der Waals surface area contributed by atoms with E-state index in [1.54, 1.807) is 24.3 Å². The van der Waals surface area contributed by atoms with Crippen LogP contribution < -0.4 is 10.2 Å². The summed E-state index contributed by atoms with van der Waals surface area (Å²) in [5.74, 6) is 0.230. The highest BCUT2D eigenvalue weighted by atomic mass is 19.4. The molecule has 84 valence electrons. The second-order valence-corrected chi connectivity index (χ2v) is 3.51. The topological polar surface area (TPSA) is 9.23 Å². The fourth-order valence-corrected chi connectivity index (χ4v) is 1.70. The van der Waals surface area contributed by atoms with Gasteiger partial charge in [-0.1, -0.05) is 29.7 Å². The van der Waals surface area contributed by atoms with Crippen molar-refractivity contribution in [3.05, 3.63) is 36.4 Å².